The Morgan fingerprint density at radius 3 is 2.59 bits per heavy atom. The van der Waals surface area contributed by atoms with Crippen LogP contribution in [0.1, 0.15) is 30.9 Å². The molecule has 0 aromatic heterocycles. The van der Waals surface area contributed by atoms with Crippen LogP contribution in [0.25, 0.3) is 0 Å². The number of hydrogen-bond acceptors (Lipinski definition) is 2. The van der Waals surface area contributed by atoms with Crippen molar-refractivity contribution < 1.29 is 13.9 Å². The normalized spacial score (nSPS) is 19.1. The van der Waals surface area contributed by atoms with Crippen LogP contribution in [-0.2, 0) is 5.60 Å². The molecule has 1 aliphatic carbocycles. The maximum atomic E-state index is 13.7. The topological polar surface area (TPSA) is 32.3 Å². The van der Waals surface area contributed by atoms with E-state index >= 15 is 0 Å². The van der Waals surface area contributed by atoms with E-state index in [2.05, 4.69) is 5.32 Å². The molecule has 1 atom stereocenters. The first-order valence-electron chi connectivity index (χ1n) is 5.82. The summed E-state index contributed by atoms with van der Waals surface area (Å²) in [5.41, 5.74) is -1.13. The monoisotopic (exact) mass is 241 g/mol. The van der Waals surface area contributed by atoms with Gasteiger partial charge in [-0.25, -0.2) is 8.78 Å². The fourth-order valence-corrected chi connectivity index (χ4v) is 1.79. The van der Waals surface area contributed by atoms with Gasteiger partial charge >= 0.3 is 0 Å². The molecule has 1 aliphatic rings. The lowest BCUT2D eigenvalue weighted by Gasteiger charge is -2.25. The molecule has 1 aromatic rings. The van der Waals surface area contributed by atoms with Crippen LogP contribution in [0.5, 0.6) is 0 Å². The zero-order chi connectivity index (χ0) is 12.6. The molecular weight excluding hydrogens is 224 g/mol. The van der Waals surface area contributed by atoms with Gasteiger partial charge in [-0.05, 0) is 32.3 Å². The SMILES string of the molecule is Cc1ccc(C(C)(O)CNC2CC2)c(F)c1F. The second-order valence-corrected chi connectivity index (χ2v) is 4.99. The molecule has 1 fully saturated rings. The number of rotatable bonds is 4. The van der Waals surface area contributed by atoms with Crippen molar-refractivity contribution in [1.82, 2.24) is 5.32 Å². The Kier molecular flexibility index (Phi) is 3.19. The first-order valence-corrected chi connectivity index (χ1v) is 5.82. The third-order valence-corrected chi connectivity index (χ3v) is 3.17. The number of benzene rings is 1. The van der Waals surface area contributed by atoms with Gasteiger partial charge in [0.15, 0.2) is 11.6 Å². The first-order chi connectivity index (χ1) is 7.92. The number of aliphatic hydroxyl groups is 1. The highest BCUT2D eigenvalue weighted by atomic mass is 19.2. The highest BCUT2D eigenvalue weighted by Gasteiger charge is 2.31. The molecule has 0 saturated heterocycles. The van der Waals surface area contributed by atoms with Crippen LogP contribution in [0.4, 0.5) is 8.78 Å². The van der Waals surface area contributed by atoms with E-state index < -0.39 is 17.2 Å². The highest BCUT2D eigenvalue weighted by molar-refractivity contribution is 5.29. The van der Waals surface area contributed by atoms with Gasteiger partial charge in [-0.15, -0.1) is 0 Å². The predicted molar refractivity (Wildman–Crippen MR) is 61.7 cm³/mol. The van der Waals surface area contributed by atoms with Gasteiger partial charge in [-0.3, -0.25) is 0 Å². The van der Waals surface area contributed by atoms with Gasteiger partial charge in [0.1, 0.15) is 5.60 Å². The number of nitrogens with one attached hydrogen (secondary N) is 1. The first kappa shape index (κ1) is 12.5. The fourth-order valence-electron chi connectivity index (χ4n) is 1.79. The molecule has 4 heteroatoms. The summed E-state index contributed by atoms with van der Waals surface area (Å²) in [7, 11) is 0. The van der Waals surface area contributed by atoms with E-state index in [1.807, 2.05) is 0 Å². The van der Waals surface area contributed by atoms with E-state index in [9.17, 15) is 13.9 Å². The molecule has 0 aliphatic heterocycles. The zero-order valence-electron chi connectivity index (χ0n) is 10.1. The van der Waals surface area contributed by atoms with Crippen molar-refractivity contribution in [3.8, 4) is 0 Å². The minimum absolute atomic E-state index is 0.00810. The van der Waals surface area contributed by atoms with E-state index in [0.717, 1.165) is 12.8 Å². The van der Waals surface area contributed by atoms with Crippen molar-refractivity contribution >= 4 is 0 Å². The summed E-state index contributed by atoms with van der Waals surface area (Å²) >= 11 is 0. The molecule has 94 valence electrons. The van der Waals surface area contributed by atoms with Gasteiger partial charge in [0.05, 0.1) is 0 Å². The van der Waals surface area contributed by atoms with Crippen molar-refractivity contribution in [2.45, 2.75) is 38.3 Å². The lowest BCUT2D eigenvalue weighted by atomic mass is 9.94. The standard InChI is InChI=1S/C13H17F2NO/c1-8-3-6-10(12(15)11(8)14)13(2,17)7-16-9-4-5-9/h3,6,9,16-17H,4-5,7H2,1-2H3. The molecule has 0 heterocycles. The van der Waals surface area contributed by atoms with E-state index in [1.165, 1.54) is 26.0 Å². The van der Waals surface area contributed by atoms with E-state index in [1.54, 1.807) is 0 Å². The third kappa shape index (κ3) is 2.64. The molecule has 2 nitrogen and oxygen atoms in total. The average molecular weight is 241 g/mol. The molecule has 1 saturated carbocycles. The molecule has 1 aromatic carbocycles. The third-order valence-electron chi connectivity index (χ3n) is 3.17. The van der Waals surface area contributed by atoms with Gasteiger partial charge in [0.2, 0.25) is 0 Å². The molecule has 0 amide bonds. The summed E-state index contributed by atoms with van der Waals surface area (Å²) in [5.74, 6) is -1.83. The molecule has 1 unspecified atom stereocenters. The molecular formula is C13H17F2NO. The quantitative estimate of drug-likeness (QED) is 0.847. The number of halogens is 2. The smallest absolute Gasteiger partial charge is 0.165 e. The molecule has 2 N–H and O–H groups in total. The van der Waals surface area contributed by atoms with Crippen LogP contribution in [0.15, 0.2) is 12.1 Å². The summed E-state index contributed by atoms with van der Waals surface area (Å²) in [6.07, 6.45) is 2.17. The molecule has 17 heavy (non-hydrogen) atoms. The predicted octanol–water partition coefficient (Wildman–Crippen LogP) is 2.23. The Labute approximate surface area is 99.7 Å². The van der Waals surface area contributed by atoms with Gasteiger partial charge < -0.3 is 10.4 Å². The zero-order valence-corrected chi connectivity index (χ0v) is 10.1. The lowest BCUT2D eigenvalue weighted by molar-refractivity contribution is 0.0521. The average Bonchev–Trinajstić information content (AvgIpc) is 3.07. The van der Waals surface area contributed by atoms with Crippen LogP contribution in [0.3, 0.4) is 0 Å². The van der Waals surface area contributed by atoms with Crippen LogP contribution in [0.2, 0.25) is 0 Å². The highest BCUT2D eigenvalue weighted by Crippen LogP contribution is 2.27. The summed E-state index contributed by atoms with van der Waals surface area (Å²) in [6, 6.07) is 3.35. The van der Waals surface area contributed by atoms with Gasteiger partial charge in [-0.2, -0.15) is 0 Å². The fraction of sp³-hybridized carbons (Fsp3) is 0.538. The van der Waals surface area contributed by atoms with E-state index in [-0.39, 0.29) is 17.7 Å². The van der Waals surface area contributed by atoms with Gasteiger partial charge in [0, 0.05) is 18.2 Å². The number of aryl methyl sites for hydroxylation is 1. The summed E-state index contributed by atoms with van der Waals surface area (Å²) in [4.78, 5) is 0. The molecule has 0 bridgehead atoms. The summed E-state index contributed by atoms with van der Waals surface area (Å²) in [6.45, 7) is 3.23. The van der Waals surface area contributed by atoms with E-state index in [4.69, 9.17) is 0 Å². The molecule has 2 rings (SSSR count). The Morgan fingerprint density at radius 1 is 1.35 bits per heavy atom. The Bertz CT molecular complexity index is 428. The van der Waals surface area contributed by atoms with Crippen LogP contribution in [-0.4, -0.2) is 17.7 Å². The summed E-state index contributed by atoms with van der Waals surface area (Å²) < 4.78 is 27.2. The van der Waals surface area contributed by atoms with Crippen molar-refractivity contribution in [2.24, 2.45) is 0 Å². The van der Waals surface area contributed by atoms with Gasteiger partial charge in [-0.1, -0.05) is 12.1 Å². The Morgan fingerprint density at radius 2 is 2.00 bits per heavy atom. The van der Waals surface area contributed by atoms with Crippen molar-refractivity contribution in [1.29, 1.82) is 0 Å². The largest absolute Gasteiger partial charge is 0.384 e. The minimum Gasteiger partial charge on any atom is -0.384 e. The lowest BCUT2D eigenvalue weighted by Crippen LogP contribution is -2.37. The Balaban J connectivity index is 2.21. The second kappa shape index (κ2) is 4.35. The maximum absolute atomic E-state index is 13.7. The second-order valence-electron chi connectivity index (χ2n) is 4.99. The van der Waals surface area contributed by atoms with E-state index in [0.29, 0.717) is 6.04 Å². The molecule has 0 spiro atoms. The van der Waals surface area contributed by atoms with Crippen molar-refractivity contribution in [2.75, 3.05) is 6.54 Å². The van der Waals surface area contributed by atoms with Crippen LogP contribution >= 0.6 is 0 Å². The van der Waals surface area contributed by atoms with Crippen LogP contribution in [0, 0.1) is 18.6 Å². The van der Waals surface area contributed by atoms with Crippen molar-refractivity contribution in [3.05, 3.63) is 34.9 Å². The minimum atomic E-state index is -1.39. The van der Waals surface area contributed by atoms with Crippen LogP contribution < -0.4 is 5.32 Å². The van der Waals surface area contributed by atoms with Crippen molar-refractivity contribution in [3.63, 3.8) is 0 Å². The number of hydrogen-bond donors (Lipinski definition) is 2. The summed E-state index contributed by atoms with van der Waals surface area (Å²) in [5, 5.41) is 13.3. The van der Waals surface area contributed by atoms with Gasteiger partial charge in [0.25, 0.3) is 0 Å². The molecule has 0 radical (unpaired) electrons. The Hall–Kier alpha value is -1.00. The maximum Gasteiger partial charge on any atom is 0.165 e.